The number of carbonyl (C=O) groups excluding carboxylic acids is 1. The van der Waals surface area contributed by atoms with E-state index in [0.717, 1.165) is 10.2 Å². The molecule has 0 unspecified atom stereocenters. The van der Waals surface area contributed by atoms with Crippen LogP contribution in [0.25, 0.3) is 0 Å². The predicted octanol–water partition coefficient (Wildman–Crippen LogP) is 2.67. The second kappa shape index (κ2) is 6.63. The van der Waals surface area contributed by atoms with E-state index in [0.29, 0.717) is 11.0 Å². The monoisotopic (exact) mass is 338 g/mol. The molecule has 0 bridgehead atoms. The van der Waals surface area contributed by atoms with Gasteiger partial charge in [-0.1, -0.05) is 11.8 Å². The lowest BCUT2D eigenvalue weighted by atomic mass is 10.4. The summed E-state index contributed by atoms with van der Waals surface area (Å²) < 4.78 is 0.869. The largest absolute Gasteiger partial charge is 0.310 e. The van der Waals surface area contributed by atoms with Gasteiger partial charge < -0.3 is 5.32 Å². The van der Waals surface area contributed by atoms with Crippen molar-refractivity contribution in [3.63, 3.8) is 0 Å². The Kier molecular flexibility index (Phi) is 4.86. The molecule has 2 aromatic rings. The van der Waals surface area contributed by atoms with Crippen molar-refractivity contribution in [3.05, 3.63) is 40.8 Å². The molecule has 2 aromatic heterocycles. The fourth-order valence-corrected chi connectivity index (χ4v) is 2.17. The van der Waals surface area contributed by atoms with E-state index < -0.39 is 0 Å². The van der Waals surface area contributed by atoms with Gasteiger partial charge in [0.2, 0.25) is 5.91 Å². The number of nitrogens with zero attached hydrogens (tertiary/aromatic N) is 3. The Morgan fingerprint density at radius 1 is 1.37 bits per heavy atom. The Bertz CT molecular complexity index is 576. The van der Waals surface area contributed by atoms with Crippen molar-refractivity contribution < 1.29 is 4.79 Å². The summed E-state index contributed by atoms with van der Waals surface area (Å²) in [5, 5.41) is 3.30. The highest BCUT2D eigenvalue weighted by Gasteiger charge is 2.06. The molecular weight excluding hydrogens is 328 g/mol. The molecule has 0 aliphatic heterocycles. The molecule has 2 rings (SSSR count). The second-order valence-electron chi connectivity index (χ2n) is 3.68. The second-order valence-corrected chi connectivity index (χ2v) is 5.54. The van der Waals surface area contributed by atoms with Crippen LogP contribution in [0.5, 0.6) is 0 Å². The van der Waals surface area contributed by atoms with E-state index in [9.17, 15) is 4.79 Å². The van der Waals surface area contributed by atoms with Crippen LogP contribution in [0.2, 0.25) is 0 Å². The van der Waals surface area contributed by atoms with Gasteiger partial charge in [-0.05, 0) is 41.1 Å². The molecule has 98 valence electrons. The lowest BCUT2D eigenvalue weighted by Gasteiger charge is -2.04. The Morgan fingerprint density at radius 2 is 2.21 bits per heavy atom. The van der Waals surface area contributed by atoms with Crippen LogP contribution in [0.4, 0.5) is 5.82 Å². The van der Waals surface area contributed by atoms with Crippen LogP contribution in [-0.4, -0.2) is 26.6 Å². The minimum absolute atomic E-state index is 0.134. The van der Waals surface area contributed by atoms with Crippen LogP contribution in [-0.2, 0) is 4.79 Å². The first kappa shape index (κ1) is 14.0. The molecule has 0 saturated heterocycles. The third kappa shape index (κ3) is 4.60. The molecule has 0 spiro atoms. The molecule has 2 heterocycles. The Hall–Kier alpha value is -1.47. The van der Waals surface area contributed by atoms with E-state index in [1.807, 2.05) is 19.1 Å². The number of rotatable bonds is 4. The van der Waals surface area contributed by atoms with E-state index in [4.69, 9.17) is 0 Å². The zero-order valence-corrected chi connectivity index (χ0v) is 12.5. The lowest BCUT2D eigenvalue weighted by molar-refractivity contribution is -0.113. The molecule has 0 aromatic carbocycles. The molecule has 0 aliphatic carbocycles. The number of hydrogen-bond acceptors (Lipinski definition) is 5. The fourth-order valence-electron chi connectivity index (χ4n) is 1.25. The average molecular weight is 339 g/mol. The average Bonchev–Trinajstić information content (AvgIpc) is 2.39. The SMILES string of the molecule is Cc1ccnc(SCC(=O)Nc2ccc(Br)cn2)n1. The van der Waals surface area contributed by atoms with E-state index in [1.54, 1.807) is 18.5 Å². The van der Waals surface area contributed by atoms with Crippen LogP contribution in [0.3, 0.4) is 0 Å². The number of amides is 1. The van der Waals surface area contributed by atoms with Gasteiger partial charge in [0.25, 0.3) is 0 Å². The smallest absolute Gasteiger partial charge is 0.236 e. The fraction of sp³-hybridized carbons (Fsp3) is 0.167. The number of hydrogen-bond donors (Lipinski definition) is 1. The van der Waals surface area contributed by atoms with Gasteiger partial charge in [-0.3, -0.25) is 4.79 Å². The minimum Gasteiger partial charge on any atom is -0.310 e. The molecule has 0 atom stereocenters. The Balaban J connectivity index is 1.86. The van der Waals surface area contributed by atoms with E-state index in [1.165, 1.54) is 11.8 Å². The molecule has 0 aliphatic rings. The molecule has 1 amide bonds. The normalized spacial score (nSPS) is 10.2. The number of pyridine rings is 1. The molecule has 5 nitrogen and oxygen atoms in total. The van der Waals surface area contributed by atoms with Gasteiger partial charge >= 0.3 is 0 Å². The van der Waals surface area contributed by atoms with Crippen molar-refractivity contribution in [2.24, 2.45) is 0 Å². The maximum Gasteiger partial charge on any atom is 0.236 e. The van der Waals surface area contributed by atoms with Gasteiger partial charge in [0, 0.05) is 22.6 Å². The van der Waals surface area contributed by atoms with Crippen LogP contribution in [0.1, 0.15) is 5.69 Å². The van der Waals surface area contributed by atoms with Crippen LogP contribution in [0, 0.1) is 6.92 Å². The molecule has 0 fully saturated rings. The summed E-state index contributed by atoms with van der Waals surface area (Å²) in [6.45, 7) is 1.89. The predicted molar refractivity (Wildman–Crippen MR) is 78.1 cm³/mol. The first-order valence-electron chi connectivity index (χ1n) is 5.47. The van der Waals surface area contributed by atoms with Crippen LogP contribution >= 0.6 is 27.7 Å². The first-order chi connectivity index (χ1) is 9.13. The third-order valence-electron chi connectivity index (χ3n) is 2.10. The summed E-state index contributed by atoms with van der Waals surface area (Å²) in [5.41, 5.74) is 0.882. The Morgan fingerprint density at radius 3 is 2.89 bits per heavy atom. The summed E-state index contributed by atoms with van der Waals surface area (Å²) in [4.78, 5) is 24.1. The van der Waals surface area contributed by atoms with Gasteiger partial charge in [0.05, 0.1) is 5.75 Å². The Labute approximate surface area is 123 Å². The van der Waals surface area contributed by atoms with Gasteiger partial charge in [0.15, 0.2) is 5.16 Å². The van der Waals surface area contributed by atoms with Crippen molar-refractivity contribution in [2.45, 2.75) is 12.1 Å². The molecule has 0 saturated carbocycles. The van der Waals surface area contributed by atoms with E-state index >= 15 is 0 Å². The first-order valence-corrected chi connectivity index (χ1v) is 7.25. The van der Waals surface area contributed by atoms with Crippen molar-refractivity contribution in [1.82, 2.24) is 15.0 Å². The summed E-state index contributed by atoms with van der Waals surface area (Å²) in [6, 6.07) is 5.37. The molecule has 0 radical (unpaired) electrons. The van der Waals surface area contributed by atoms with Gasteiger partial charge in [0.1, 0.15) is 5.82 Å². The highest BCUT2D eigenvalue weighted by Crippen LogP contribution is 2.14. The molecule has 7 heteroatoms. The molecular formula is C12H11BrN4OS. The standard InChI is InChI=1S/C12H11BrN4OS/c1-8-4-5-14-12(16-8)19-7-11(18)17-10-3-2-9(13)6-15-10/h2-6H,7H2,1H3,(H,15,17,18). The van der Waals surface area contributed by atoms with Crippen molar-refractivity contribution >= 4 is 39.4 Å². The third-order valence-corrected chi connectivity index (χ3v) is 3.43. The number of aryl methyl sites for hydroxylation is 1. The summed E-state index contributed by atoms with van der Waals surface area (Å²) >= 11 is 4.58. The highest BCUT2D eigenvalue weighted by molar-refractivity contribution is 9.10. The number of aromatic nitrogens is 3. The van der Waals surface area contributed by atoms with E-state index in [-0.39, 0.29) is 11.7 Å². The van der Waals surface area contributed by atoms with Crippen LogP contribution < -0.4 is 5.32 Å². The van der Waals surface area contributed by atoms with Crippen molar-refractivity contribution in [2.75, 3.05) is 11.1 Å². The lowest BCUT2D eigenvalue weighted by Crippen LogP contribution is -2.15. The summed E-state index contributed by atoms with van der Waals surface area (Å²) in [7, 11) is 0. The van der Waals surface area contributed by atoms with E-state index in [2.05, 4.69) is 36.2 Å². The minimum atomic E-state index is -0.134. The maximum absolute atomic E-state index is 11.7. The van der Waals surface area contributed by atoms with Crippen molar-refractivity contribution in [3.8, 4) is 0 Å². The number of thioether (sulfide) groups is 1. The number of halogens is 1. The van der Waals surface area contributed by atoms with Crippen LogP contribution in [0.15, 0.2) is 40.2 Å². The molecule has 1 N–H and O–H groups in total. The number of anilines is 1. The highest BCUT2D eigenvalue weighted by atomic mass is 79.9. The van der Waals surface area contributed by atoms with Gasteiger partial charge in [-0.2, -0.15) is 0 Å². The number of carbonyl (C=O) groups is 1. The summed E-state index contributed by atoms with van der Waals surface area (Å²) in [5.74, 6) is 0.644. The van der Waals surface area contributed by atoms with Gasteiger partial charge in [-0.15, -0.1) is 0 Å². The number of nitrogens with one attached hydrogen (secondary N) is 1. The topological polar surface area (TPSA) is 67.8 Å². The quantitative estimate of drug-likeness (QED) is 0.685. The van der Waals surface area contributed by atoms with Crippen molar-refractivity contribution in [1.29, 1.82) is 0 Å². The van der Waals surface area contributed by atoms with Gasteiger partial charge in [-0.25, -0.2) is 15.0 Å². The summed E-state index contributed by atoms with van der Waals surface area (Å²) in [6.07, 6.45) is 3.31. The zero-order valence-electron chi connectivity index (χ0n) is 10.1. The maximum atomic E-state index is 11.7. The zero-order chi connectivity index (χ0) is 13.7. The molecule has 19 heavy (non-hydrogen) atoms.